The normalized spacial score (nSPS) is 10.8. The molecule has 0 aliphatic heterocycles. The summed E-state index contributed by atoms with van der Waals surface area (Å²) in [5.41, 5.74) is 0.626. The number of sulfonamides is 1. The zero-order valence-corrected chi connectivity index (χ0v) is 21.9. The van der Waals surface area contributed by atoms with Gasteiger partial charge in [0.1, 0.15) is 5.75 Å². The molecular weight excluding hydrogens is 556 g/mol. The Morgan fingerprint density at radius 1 is 0.889 bits per heavy atom. The molecule has 3 aromatic carbocycles. The lowest BCUT2D eigenvalue weighted by Crippen LogP contribution is -2.22. The SMILES string of the molecule is COC(=O)c1cc(OC)c(OC)cc1NC(=O)COc1ccc(S(=O)(=O)Nc2ccc(Br)cc2)cc1. The molecule has 0 aliphatic rings. The first-order valence-corrected chi connectivity index (χ1v) is 12.6. The third kappa shape index (κ3) is 6.67. The van der Waals surface area contributed by atoms with E-state index in [4.69, 9.17) is 18.9 Å². The van der Waals surface area contributed by atoms with Crippen LogP contribution in [0.4, 0.5) is 11.4 Å². The smallest absolute Gasteiger partial charge is 0.340 e. The predicted octanol–water partition coefficient (Wildman–Crippen LogP) is 4.07. The van der Waals surface area contributed by atoms with Gasteiger partial charge in [0.15, 0.2) is 18.1 Å². The minimum Gasteiger partial charge on any atom is -0.493 e. The lowest BCUT2D eigenvalue weighted by atomic mass is 10.1. The van der Waals surface area contributed by atoms with Crippen LogP contribution in [0.25, 0.3) is 0 Å². The van der Waals surface area contributed by atoms with Gasteiger partial charge in [-0.25, -0.2) is 13.2 Å². The molecule has 0 saturated carbocycles. The Morgan fingerprint density at radius 3 is 2.08 bits per heavy atom. The van der Waals surface area contributed by atoms with Gasteiger partial charge in [-0.3, -0.25) is 9.52 Å². The number of benzene rings is 3. The summed E-state index contributed by atoms with van der Waals surface area (Å²) in [5.74, 6) is -0.387. The summed E-state index contributed by atoms with van der Waals surface area (Å²) in [6.07, 6.45) is 0. The van der Waals surface area contributed by atoms with E-state index in [1.54, 1.807) is 24.3 Å². The van der Waals surface area contributed by atoms with Gasteiger partial charge in [0.2, 0.25) is 0 Å². The van der Waals surface area contributed by atoms with Crippen LogP contribution >= 0.6 is 15.9 Å². The second-order valence-corrected chi connectivity index (χ2v) is 9.76. The number of carbonyl (C=O) groups is 2. The molecule has 0 fully saturated rings. The Labute approximate surface area is 216 Å². The van der Waals surface area contributed by atoms with Crippen molar-refractivity contribution in [3.8, 4) is 17.2 Å². The zero-order valence-electron chi connectivity index (χ0n) is 19.5. The molecular formula is C24H23BrN2O8S. The third-order valence-electron chi connectivity index (χ3n) is 4.80. The first-order chi connectivity index (χ1) is 17.2. The molecule has 0 aliphatic carbocycles. The molecule has 190 valence electrons. The molecule has 2 N–H and O–H groups in total. The maximum Gasteiger partial charge on any atom is 0.340 e. The number of nitrogens with one attached hydrogen (secondary N) is 2. The van der Waals surface area contributed by atoms with E-state index in [2.05, 4.69) is 26.0 Å². The lowest BCUT2D eigenvalue weighted by molar-refractivity contribution is -0.118. The van der Waals surface area contributed by atoms with E-state index in [0.29, 0.717) is 11.4 Å². The Bertz CT molecular complexity index is 1340. The highest BCUT2D eigenvalue weighted by atomic mass is 79.9. The molecule has 0 radical (unpaired) electrons. The fourth-order valence-corrected chi connectivity index (χ4v) is 4.37. The molecule has 0 aromatic heterocycles. The van der Waals surface area contributed by atoms with Crippen molar-refractivity contribution in [2.24, 2.45) is 0 Å². The fraction of sp³-hybridized carbons (Fsp3) is 0.167. The minimum atomic E-state index is -3.81. The summed E-state index contributed by atoms with van der Waals surface area (Å²) in [4.78, 5) is 24.7. The molecule has 0 saturated heterocycles. The summed E-state index contributed by atoms with van der Waals surface area (Å²) in [6.45, 7) is -0.405. The van der Waals surface area contributed by atoms with Crippen LogP contribution in [0.1, 0.15) is 10.4 Å². The van der Waals surface area contributed by atoms with Gasteiger partial charge < -0.3 is 24.3 Å². The van der Waals surface area contributed by atoms with Crippen LogP contribution in [0.5, 0.6) is 17.2 Å². The van der Waals surface area contributed by atoms with E-state index in [0.717, 1.165) is 4.47 Å². The fourth-order valence-electron chi connectivity index (χ4n) is 3.04. The average molecular weight is 579 g/mol. The van der Waals surface area contributed by atoms with Crippen molar-refractivity contribution in [2.45, 2.75) is 4.90 Å². The lowest BCUT2D eigenvalue weighted by Gasteiger charge is -2.15. The Kier molecular flexibility index (Phi) is 8.78. The van der Waals surface area contributed by atoms with Crippen LogP contribution in [0.15, 0.2) is 70.0 Å². The van der Waals surface area contributed by atoms with Gasteiger partial charge in [0.25, 0.3) is 15.9 Å². The number of hydrogen-bond acceptors (Lipinski definition) is 8. The van der Waals surface area contributed by atoms with Crippen LogP contribution in [0.2, 0.25) is 0 Å². The summed E-state index contributed by atoms with van der Waals surface area (Å²) >= 11 is 3.30. The average Bonchev–Trinajstić information content (AvgIpc) is 2.88. The van der Waals surface area contributed by atoms with E-state index < -0.39 is 28.5 Å². The van der Waals surface area contributed by atoms with Crippen LogP contribution < -0.4 is 24.2 Å². The molecule has 3 rings (SSSR count). The number of halogens is 1. The highest BCUT2D eigenvalue weighted by molar-refractivity contribution is 9.10. The van der Waals surface area contributed by atoms with Crippen molar-refractivity contribution in [1.82, 2.24) is 0 Å². The van der Waals surface area contributed by atoms with Gasteiger partial charge in [0.05, 0.1) is 37.5 Å². The van der Waals surface area contributed by atoms with Crippen LogP contribution in [-0.4, -0.2) is 48.2 Å². The molecule has 1 amide bonds. The number of amides is 1. The summed E-state index contributed by atoms with van der Waals surface area (Å²) in [6, 6.07) is 15.1. The number of esters is 1. The maximum atomic E-state index is 12.6. The van der Waals surface area contributed by atoms with Gasteiger partial charge in [-0.15, -0.1) is 0 Å². The molecule has 0 unspecified atom stereocenters. The molecule has 12 heteroatoms. The molecule has 0 heterocycles. The second-order valence-electron chi connectivity index (χ2n) is 7.17. The van der Waals surface area contributed by atoms with Gasteiger partial charge in [-0.2, -0.15) is 0 Å². The number of carbonyl (C=O) groups excluding carboxylic acids is 2. The molecule has 0 spiro atoms. The maximum absolute atomic E-state index is 12.6. The van der Waals surface area contributed by atoms with E-state index in [1.807, 2.05) is 0 Å². The van der Waals surface area contributed by atoms with E-state index in [9.17, 15) is 18.0 Å². The van der Waals surface area contributed by atoms with Gasteiger partial charge in [-0.1, -0.05) is 15.9 Å². The number of anilines is 2. The first kappa shape index (κ1) is 26.8. The predicted molar refractivity (Wildman–Crippen MR) is 136 cm³/mol. The van der Waals surface area contributed by atoms with E-state index >= 15 is 0 Å². The molecule has 0 bridgehead atoms. The van der Waals surface area contributed by atoms with Crippen LogP contribution in [-0.2, 0) is 19.6 Å². The monoisotopic (exact) mass is 578 g/mol. The van der Waals surface area contributed by atoms with Crippen molar-refractivity contribution in [2.75, 3.05) is 38.0 Å². The Hall–Kier alpha value is -3.77. The van der Waals surface area contributed by atoms with E-state index in [-0.39, 0.29) is 27.6 Å². The number of methoxy groups -OCH3 is 3. The molecule has 10 nitrogen and oxygen atoms in total. The van der Waals surface area contributed by atoms with Crippen molar-refractivity contribution < 1.29 is 37.0 Å². The quantitative estimate of drug-likeness (QED) is 0.344. The highest BCUT2D eigenvalue weighted by Crippen LogP contribution is 2.33. The Balaban J connectivity index is 1.66. The van der Waals surface area contributed by atoms with Crippen molar-refractivity contribution >= 4 is 49.2 Å². The van der Waals surface area contributed by atoms with E-state index in [1.165, 1.54) is 57.7 Å². The van der Waals surface area contributed by atoms with Crippen molar-refractivity contribution in [3.63, 3.8) is 0 Å². The number of ether oxygens (including phenoxy) is 4. The second kappa shape index (κ2) is 11.8. The standard InChI is InChI=1S/C24H23BrN2O8S/c1-32-21-12-19(24(29)34-3)20(13-22(21)33-2)26-23(28)14-35-17-8-10-18(11-9-17)36(30,31)27-16-6-4-15(25)5-7-16/h4-13,27H,14H2,1-3H3,(H,26,28). The minimum absolute atomic E-state index is 0.0234. The summed E-state index contributed by atoms with van der Waals surface area (Å²) in [7, 11) is 0.240. The largest absolute Gasteiger partial charge is 0.493 e. The number of rotatable bonds is 10. The van der Waals surface area contributed by atoms with Crippen molar-refractivity contribution in [1.29, 1.82) is 0 Å². The van der Waals surface area contributed by atoms with Crippen LogP contribution in [0.3, 0.4) is 0 Å². The number of hydrogen-bond donors (Lipinski definition) is 2. The third-order valence-corrected chi connectivity index (χ3v) is 6.73. The highest BCUT2D eigenvalue weighted by Gasteiger charge is 2.19. The zero-order chi connectivity index (χ0) is 26.3. The molecule has 36 heavy (non-hydrogen) atoms. The molecule has 0 atom stereocenters. The Morgan fingerprint density at radius 2 is 1.50 bits per heavy atom. The summed E-state index contributed by atoms with van der Waals surface area (Å²) in [5, 5.41) is 2.58. The molecule has 3 aromatic rings. The van der Waals surface area contributed by atoms with Gasteiger partial charge >= 0.3 is 5.97 Å². The van der Waals surface area contributed by atoms with Crippen molar-refractivity contribution in [3.05, 3.63) is 70.7 Å². The summed E-state index contributed by atoms with van der Waals surface area (Å²) < 4.78 is 49.1. The van der Waals surface area contributed by atoms with Gasteiger partial charge in [-0.05, 0) is 48.5 Å². The van der Waals surface area contributed by atoms with Gasteiger partial charge in [0, 0.05) is 22.3 Å². The first-order valence-electron chi connectivity index (χ1n) is 10.3. The van der Waals surface area contributed by atoms with Crippen LogP contribution in [0, 0.1) is 0 Å². The topological polar surface area (TPSA) is 129 Å².